The van der Waals surface area contributed by atoms with Gasteiger partial charge in [0, 0.05) is 6.54 Å². The zero-order valence-corrected chi connectivity index (χ0v) is 13.7. The number of para-hydroxylation sites is 2. The summed E-state index contributed by atoms with van der Waals surface area (Å²) in [5, 5.41) is 14.4. The summed E-state index contributed by atoms with van der Waals surface area (Å²) in [6.07, 6.45) is 1.60. The van der Waals surface area contributed by atoms with Gasteiger partial charge in [0.05, 0.1) is 19.0 Å². The van der Waals surface area contributed by atoms with Crippen molar-refractivity contribution in [3.8, 4) is 5.75 Å². The van der Waals surface area contributed by atoms with Crippen LogP contribution in [0.5, 0.6) is 5.75 Å². The smallest absolute Gasteiger partial charge is 0.249 e. The Morgan fingerprint density at radius 3 is 2.62 bits per heavy atom. The maximum absolute atomic E-state index is 5.31. The van der Waals surface area contributed by atoms with Gasteiger partial charge in [0.2, 0.25) is 5.95 Å². The van der Waals surface area contributed by atoms with Crippen LogP contribution in [0, 0.1) is 6.92 Å². The van der Waals surface area contributed by atoms with Crippen molar-refractivity contribution in [2.45, 2.75) is 13.5 Å². The lowest BCUT2D eigenvalue weighted by molar-refractivity contribution is 0.417. The molecule has 2 aromatic carbocycles. The van der Waals surface area contributed by atoms with Gasteiger partial charge in [0.1, 0.15) is 5.75 Å². The quantitative estimate of drug-likeness (QED) is 0.723. The third-order valence-corrected chi connectivity index (χ3v) is 3.51. The topological polar surface area (TPSA) is 72.0 Å². The van der Waals surface area contributed by atoms with Crippen LogP contribution in [0.2, 0.25) is 0 Å². The highest BCUT2D eigenvalue weighted by Gasteiger charge is 2.05. The lowest BCUT2D eigenvalue weighted by atomic mass is 10.1. The number of aromatic nitrogens is 3. The van der Waals surface area contributed by atoms with Crippen molar-refractivity contribution < 1.29 is 4.74 Å². The molecular weight excluding hydrogens is 302 g/mol. The maximum atomic E-state index is 5.31. The Morgan fingerprint density at radius 1 is 1.04 bits per heavy atom. The van der Waals surface area contributed by atoms with E-state index in [0.717, 1.165) is 11.4 Å². The Bertz CT molecular complexity index is 805. The summed E-state index contributed by atoms with van der Waals surface area (Å²) in [5.41, 5.74) is 3.21. The molecule has 0 spiro atoms. The summed E-state index contributed by atoms with van der Waals surface area (Å²) in [4.78, 5) is 4.42. The van der Waals surface area contributed by atoms with Gasteiger partial charge < -0.3 is 15.4 Å². The van der Waals surface area contributed by atoms with E-state index in [-0.39, 0.29) is 0 Å². The van der Waals surface area contributed by atoms with Gasteiger partial charge in [-0.15, -0.1) is 5.10 Å². The largest absolute Gasteiger partial charge is 0.495 e. The van der Waals surface area contributed by atoms with Crippen LogP contribution in [0.3, 0.4) is 0 Å². The molecule has 0 aliphatic carbocycles. The van der Waals surface area contributed by atoms with Crippen LogP contribution >= 0.6 is 0 Å². The molecule has 0 saturated heterocycles. The fourth-order valence-corrected chi connectivity index (χ4v) is 2.21. The van der Waals surface area contributed by atoms with Crippen molar-refractivity contribution in [3.63, 3.8) is 0 Å². The molecule has 0 unspecified atom stereocenters. The number of anilines is 3. The normalized spacial score (nSPS) is 10.2. The minimum atomic E-state index is 0.411. The Labute approximate surface area is 140 Å². The number of hydrogen-bond donors (Lipinski definition) is 2. The van der Waals surface area contributed by atoms with E-state index in [4.69, 9.17) is 4.74 Å². The highest BCUT2D eigenvalue weighted by molar-refractivity contribution is 5.62. The molecule has 0 atom stereocenters. The minimum Gasteiger partial charge on any atom is -0.495 e. The molecule has 0 aliphatic heterocycles. The van der Waals surface area contributed by atoms with E-state index in [9.17, 15) is 0 Å². The molecular formula is C18H19N5O. The van der Waals surface area contributed by atoms with E-state index in [1.54, 1.807) is 13.3 Å². The Kier molecular flexibility index (Phi) is 4.86. The molecule has 0 aliphatic rings. The number of ether oxygens (including phenoxy) is 1. The monoisotopic (exact) mass is 321 g/mol. The number of hydrogen-bond acceptors (Lipinski definition) is 6. The molecule has 6 nitrogen and oxygen atoms in total. The Balaban J connectivity index is 1.68. The first-order chi connectivity index (χ1) is 11.7. The summed E-state index contributed by atoms with van der Waals surface area (Å²) in [5.74, 6) is 1.79. The van der Waals surface area contributed by atoms with Crippen molar-refractivity contribution in [1.29, 1.82) is 0 Å². The molecule has 2 N–H and O–H groups in total. The number of nitrogens with one attached hydrogen (secondary N) is 2. The minimum absolute atomic E-state index is 0.411. The van der Waals surface area contributed by atoms with Crippen molar-refractivity contribution in [2.75, 3.05) is 17.7 Å². The van der Waals surface area contributed by atoms with Gasteiger partial charge in [-0.1, -0.05) is 42.0 Å². The van der Waals surface area contributed by atoms with E-state index >= 15 is 0 Å². The number of methoxy groups -OCH3 is 1. The average molecular weight is 321 g/mol. The van der Waals surface area contributed by atoms with E-state index in [2.05, 4.69) is 57.0 Å². The molecule has 0 amide bonds. The number of benzene rings is 2. The van der Waals surface area contributed by atoms with Gasteiger partial charge in [-0.05, 0) is 24.6 Å². The molecule has 3 aromatic rings. The van der Waals surface area contributed by atoms with Gasteiger partial charge in [-0.3, -0.25) is 0 Å². The summed E-state index contributed by atoms with van der Waals surface area (Å²) in [7, 11) is 1.62. The van der Waals surface area contributed by atoms with Crippen LogP contribution in [0.4, 0.5) is 17.5 Å². The second kappa shape index (κ2) is 7.41. The van der Waals surface area contributed by atoms with E-state index in [0.29, 0.717) is 18.3 Å². The molecule has 1 aromatic heterocycles. The van der Waals surface area contributed by atoms with Gasteiger partial charge in [0.15, 0.2) is 5.82 Å². The van der Waals surface area contributed by atoms with Gasteiger partial charge >= 0.3 is 0 Å². The van der Waals surface area contributed by atoms with Crippen LogP contribution in [0.15, 0.2) is 54.7 Å². The molecule has 24 heavy (non-hydrogen) atoms. The van der Waals surface area contributed by atoms with E-state index in [1.807, 2.05) is 24.3 Å². The van der Waals surface area contributed by atoms with Crippen LogP contribution in [-0.4, -0.2) is 22.3 Å². The third kappa shape index (κ3) is 3.98. The molecule has 0 radical (unpaired) electrons. The molecule has 1 heterocycles. The molecule has 3 rings (SSSR count). The Hall–Kier alpha value is -3.15. The predicted octanol–water partition coefficient (Wildman–Crippen LogP) is 3.54. The first kappa shape index (κ1) is 15.7. The van der Waals surface area contributed by atoms with Crippen molar-refractivity contribution in [2.24, 2.45) is 0 Å². The van der Waals surface area contributed by atoms with Crippen LogP contribution in [0.25, 0.3) is 0 Å². The molecule has 122 valence electrons. The fourth-order valence-electron chi connectivity index (χ4n) is 2.21. The van der Waals surface area contributed by atoms with Gasteiger partial charge in [-0.25, -0.2) is 0 Å². The van der Waals surface area contributed by atoms with Crippen molar-refractivity contribution >= 4 is 17.5 Å². The van der Waals surface area contributed by atoms with Crippen molar-refractivity contribution in [3.05, 3.63) is 65.9 Å². The van der Waals surface area contributed by atoms with Crippen molar-refractivity contribution in [1.82, 2.24) is 15.2 Å². The number of nitrogens with zero attached hydrogens (tertiary/aromatic N) is 3. The highest BCUT2D eigenvalue weighted by Crippen LogP contribution is 2.25. The van der Waals surface area contributed by atoms with E-state index in [1.165, 1.54) is 11.1 Å². The molecule has 0 fully saturated rings. The number of rotatable bonds is 6. The standard InChI is InChI=1S/C18H19N5O/c1-13-7-9-14(10-8-13)11-19-17-12-20-23-18(22-17)21-15-5-3-4-6-16(15)24-2/h3-10,12H,11H2,1-2H3,(H2,19,21,22,23). The zero-order valence-electron chi connectivity index (χ0n) is 13.7. The van der Waals surface area contributed by atoms with Crippen LogP contribution in [-0.2, 0) is 6.54 Å². The zero-order chi connectivity index (χ0) is 16.8. The maximum Gasteiger partial charge on any atom is 0.249 e. The number of aryl methyl sites for hydroxylation is 1. The first-order valence-corrected chi connectivity index (χ1v) is 7.64. The first-order valence-electron chi connectivity index (χ1n) is 7.64. The highest BCUT2D eigenvalue weighted by atomic mass is 16.5. The summed E-state index contributed by atoms with van der Waals surface area (Å²) >= 11 is 0. The van der Waals surface area contributed by atoms with Gasteiger partial charge in [-0.2, -0.15) is 10.1 Å². The summed E-state index contributed by atoms with van der Waals surface area (Å²) in [6.45, 7) is 2.74. The third-order valence-electron chi connectivity index (χ3n) is 3.51. The second-order valence-corrected chi connectivity index (χ2v) is 5.33. The van der Waals surface area contributed by atoms with Crippen LogP contribution < -0.4 is 15.4 Å². The molecule has 0 saturated carbocycles. The predicted molar refractivity (Wildman–Crippen MR) is 94.6 cm³/mol. The lowest BCUT2D eigenvalue weighted by Gasteiger charge is -2.10. The SMILES string of the molecule is COc1ccccc1Nc1nncc(NCc2ccc(C)cc2)n1. The lowest BCUT2D eigenvalue weighted by Crippen LogP contribution is -2.06. The fraction of sp³-hybridized carbons (Fsp3) is 0.167. The van der Waals surface area contributed by atoms with Crippen LogP contribution in [0.1, 0.15) is 11.1 Å². The summed E-state index contributed by atoms with van der Waals surface area (Å²) in [6, 6.07) is 15.9. The molecule has 0 bridgehead atoms. The Morgan fingerprint density at radius 2 is 1.83 bits per heavy atom. The van der Waals surface area contributed by atoms with Gasteiger partial charge in [0.25, 0.3) is 0 Å². The summed E-state index contributed by atoms with van der Waals surface area (Å²) < 4.78 is 5.31. The average Bonchev–Trinajstić information content (AvgIpc) is 2.62. The van der Waals surface area contributed by atoms with E-state index < -0.39 is 0 Å². The molecule has 6 heteroatoms. The second-order valence-electron chi connectivity index (χ2n) is 5.33.